The number of nitrogens with zero attached hydrogens (tertiary/aromatic N) is 1. The summed E-state index contributed by atoms with van der Waals surface area (Å²) in [5, 5.41) is 19.2. The van der Waals surface area contributed by atoms with Gasteiger partial charge < -0.3 is 10.8 Å². The first-order valence-electron chi connectivity index (χ1n) is 4.17. The summed E-state index contributed by atoms with van der Waals surface area (Å²) < 4.78 is 0. The molecule has 15 heavy (non-hydrogen) atoms. The normalized spacial score (nSPS) is 12.1. The number of nitro groups is 1. The summed E-state index contributed by atoms with van der Waals surface area (Å²) in [5.74, 6) is -1.21. The summed E-state index contributed by atoms with van der Waals surface area (Å²) in [6.07, 6.45) is 0. The lowest BCUT2D eigenvalue weighted by Gasteiger charge is -2.09. The predicted octanol–water partition coefficient (Wildman–Crippen LogP) is 0.988. The summed E-state index contributed by atoms with van der Waals surface area (Å²) in [4.78, 5) is 20.5. The third-order valence-corrected chi connectivity index (χ3v) is 2.07. The van der Waals surface area contributed by atoms with Gasteiger partial charge in [-0.1, -0.05) is 6.07 Å². The molecule has 0 unspecified atom stereocenters. The minimum Gasteiger partial charge on any atom is -0.480 e. The van der Waals surface area contributed by atoms with E-state index < -0.39 is 16.9 Å². The van der Waals surface area contributed by atoms with Crippen molar-refractivity contribution in [3.05, 3.63) is 39.4 Å². The topological polar surface area (TPSA) is 106 Å². The maximum absolute atomic E-state index is 10.6. The van der Waals surface area contributed by atoms with Gasteiger partial charge in [0.25, 0.3) is 5.69 Å². The second kappa shape index (κ2) is 4.05. The van der Waals surface area contributed by atoms with Crippen molar-refractivity contribution in [1.29, 1.82) is 0 Å². The highest BCUT2D eigenvalue weighted by molar-refractivity contribution is 5.76. The summed E-state index contributed by atoms with van der Waals surface area (Å²) in [5.41, 5.74) is 6.11. The number of aliphatic carboxylic acids is 1. The van der Waals surface area contributed by atoms with Crippen LogP contribution in [0.5, 0.6) is 0 Å². The number of rotatable bonds is 3. The molecule has 1 aromatic rings. The molecule has 0 aromatic heterocycles. The number of benzene rings is 1. The van der Waals surface area contributed by atoms with Crippen molar-refractivity contribution in [2.45, 2.75) is 13.0 Å². The van der Waals surface area contributed by atoms with Crippen LogP contribution >= 0.6 is 0 Å². The molecule has 0 radical (unpaired) electrons. The Bertz CT molecular complexity index is 417. The van der Waals surface area contributed by atoms with Gasteiger partial charge in [-0.3, -0.25) is 14.9 Å². The van der Waals surface area contributed by atoms with Gasteiger partial charge in [0.05, 0.1) is 4.92 Å². The van der Waals surface area contributed by atoms with E-state index in [1.165, 1.54) is 18.2 Å². The molecule has 0 heterocycles. The lowest BCUT2D eigenvalue weighted by molar-refractivity contribution is -0.384. The molecule has 0 fully saturated rings. The second-order valence-corrected chi connectivity index (χ2v) is 3.11. The van der Waals surface area contributed by atoms with Crippen molar-refractivity contribution in [2.75, 3.05) is 0 Å². The lowest BCUT2D eigenvalue weighted by atomic mass is 10.0. The molecule has 0 saturated carbocycles. The maximum Gasteiger partial charge on any atom is 0.325 e. The average Bonchev–Trinajstić information content (AvgIpc) is 2.16. The van der Waals surface area contributed by atoms with Crippen LogP contribution in [0.1, 0.15) is 17.2 Å². The van der Waals surface area contributed by atoms with Crippen LogP contribution in [0.15, 0.2) is 18.2 Å². The number of hydrogen-bond acceptors (Lipinski definition) is 4. The van der Waals surface area contributed by atoms with E-state index >= 15 is 0 Å². The van der Waals surface area contributed by atoms with Gasteiger partial charge in [0.15, 0.2) is 0 Å². The molecular weight excluding hydrogens is 200 g/mol. The quantitative estimate of drug-likeness (QED) is 0.571. The van der Waals surface area contributed by atoms with Crippen molar-refractivity contribution < 1.29 is 14.8 Å². The molecule has 1 aromatic carbocycles. The standard InChI is InChI=1S/C9H10N2O4/c1-5-2-3-6(11(14)15)4-7(5)8(10)9(12)13/h2-4,8H,10H2,1H3,(H,12,13)/t8-/m0/s1. The third kappa shape index (κ3) is 2.29. The molecule has 0 aliphatic heterocycles. The van der Waals surface area contributed by atoms with E-state index in [0.717, 1.165) is 0 Å². The molecule has 0 spiro atoms. The molecule has 1 rings (SSSR count). The van der Waals surface area contributed by atoms with Crippen LogP contribution in [-0.4, -0.2) is 16.0 Å². The number of carboxylic acids is 1. The molecule has 80 valence electrons. The van der Waals surface area contributed by atoms with Gasteiger partial charge in [-0.05, 0) is 18.1 Å². The van der Waals surface area contributed by atoms with E-state index in [0.29, 0.717) is 5.56 Å². The molecular formula is C9H10N2O4. The van der Waals surface area contributed by atoms with Gasteiger partial charge in [-0.15, -0.1) is 0 Å². The number of aryl methyl sites for hydroxylation is 1. The Balaban J connectivity index is 3.22. The van der Waals surface area contributed by atoms with Crippen LogP contribution < -0.4 is 5.73 Å². The number of carboxylic acid groups (broad SMARTS) is 1. The Kier molecular flexibility index (Phi) is 3.01. The van der Waals surface area contributed by atoms with Crippen LogP contribution in [-0.2, 0) is 4.79 Å². The molecule has 0 amide bonds. The lowest BCUT2D eigenvalue weighted by Crippen LogP contribution is -2.21. The van der Waals surface area contributed by atoms with Gasteiger partial charge in [0, 0.05) is 12.1 Å². The van der Waals surface area contributed by atoms with Crippen LogP contribution in [0.3, 0.4) is 0 Å². The van der Waals surface area contributed by atoms with E-state index in [-0.39, 0.29) is 11.3 Å². The Morgan fingerprint density at radius 2 is 2.20 bits per heavy atom. The summed E-state index contributed by atoms with van der Waals surface area (Å²) in [6, 6.07) is 2.75. The number of hydrogen-bond donors (Lipinski definition) is 2. The molecule has 0 aliphatic carbocycles. The van der Waals surface area contributed by atoms with E-state index in [9.17, 15) is 14.9 Å². The molecule has 3 N–H and O–H groups in total. The first kappa shape index (κ1) is 11.1. The smallest absolute Gasteiger partial charge is 0.325 e. The fourth-order valence-electron chi connectivity index (χ4n) is 1.21. The highest BCUT2D eigenvalue weighted by Gasteiger charge is 2.19. The first-order chi connectivity index (χ1) is 6.93. The molecule has 6 heteroatoms. The SMILES string of the molecule is Cc1ccc([N+](=O)[O-])cc1[C@H](N)C(=O)O. The number of nitrogens with two attached hydrogens (primary N) is 1. The highest BCUT2D eigenvalue weighted by Crippen LogP contribution is 2.21. The molecule has 0 aliphatic rings. The fourth-order valence-corrected chi connectivity index (χ4v) is 1.21. The predicted molar refractivity (Wildman–Crippen MR) is 52.4 cm³/mol. The zero-order chi connectivity index (χ0) is 11.6. The van der Waals surface area contributed by atoms with Gasteiger partial charge in [-0.2, -0.15) is 0 Å². The maximum atomic E-state index is 10.6. The van der Waals surface area contributed by atoms with Crippen molar-refractivity contribution in [3.63, 3.8) is 0 Å². The minimum absolute atomic E-state index is 0.160. The Hall–Kier alpha value is -1.95. The van der Waals surface area contributed by atoms with Crippen LogP contribution in [0.4, 0.5) is 5.69 Å². The Morgan fingerprint density at radius 3 is 2.67 bits per heavy atom. The monoisotopic (exact) mass is 210 g/mol. The van der Waals surface area contributed by atoms with Crippen molar-refractivity contribution in [1.82, 2.24) is 0 Å². The fraction of sp³-hybridized carbons (Fsp3) is 0.222. The van der Waals surface area contributed by atoms with Crippen LogP contribution in [0.25, 0.3) is 0 Å². The van der Waals surface area contributed by atoms with Crippen molar-refractivity contribution in [2.24, 2.45) is 5.73 Å². The van der Waals surface area contributed by atoms with Gasteiger partial charge in [0.1, 0.15) is 6.04 Å². The van der Waals surface area contributed by atoms with E-state index in [1.54, 1.807) is 6.92 Å². The number of nitro benzene ring substituents is 1. The van der Waals surface area contributed by atoms with E-state index in [1.807, 2.05) is 0 Å². The largest absolute Gasteiger partial charge is 0.480 e. The highest BCUT2D eigenvalue weighted by atomic mass is 16.6. The molecule has 0 saturated heterocycles. The molecule has 0 bridgehead atoms. The third-order valence-electron chi connectivity index (χ3n) is 2.07. The van der Waals surface area contributed by atoms with Crippen molar-refractivity contribution >= 4 is 11.7 Å². The van der Waals surface area contributed by atoms with Crippen LogP contribution in [0.2, 0.25) is 0 Å². The van der Waals surface area contributed by atoms with Gasteiger partial charge in [-0.25, -0.2) is 0 Å². The molecule has 6 nitrogen and oxygen atoms in total. The molecule has 1 atom stereocenters. The van der Waals surface area contributed by atoms with E-state index in [2.05, 4.69) is 0 Å². The van der Waals surface area contributed by atoms with Gasteiger partial charge >= 0.3 is 5.97 Å². The summed E-state index contributed by atoms with van der Waals surface area (Å²) >= 11 is 0. The second-order valence-electron chi connectivity index (χ2n) is 3.11. The van der Waals surface area contributed by atoms with E-state index in [4.69, 9.17) is 10.8 Å². The Labute approximate surface area is 85.5 Å². The Morgan fingerprint density at radius 1 is 1.60 bits per heavy atom. The summed E-state index contributed by atoms with van der Waals surface area (Å²) in [6.45, 7) is 1.65. The van der Waals surface area contributed by atoms with Gasteiger partial charge in [0.2, 0.25) is 0 Å². The summed E-state index contributed by atoms with van der Waals surface area (Å²) in [7, 11) is 0. The minimum atomic E-state index is -1.23. The number of carbonyl (C=O) groups is 1. The average molecular weight is 210 g/mol. The zero-order valence-corrected chi connectivity index (χ0v) is 8.01. The zero-order valence-electron chi connectivity index (χ0n) is 8.01. The first-order valence-corrected chi connectivity index (χ1v) is 4.17. The number of non-ortho nitro benzene ring substituents is 1. The van der Waals surface area contributed by atoms with Crippen LogP contribution in [0, 0.1) is 17.0 Å². The van der Waals surface area contributed by atoms with Crippen molar-refractivity contribution in [3.8, 4) is 0 Å².